The van der Waals surface area contributed by atoms with Crippen molar-refractivity contribution in [2.45, 2.75) is 24.3 Å². The number of likely N-dealkylation sites (tertiary alicyclic amines) is 1. The van der Waals surface area contributed by atoms with E-state index in [4.69, 9.17) is 4.74 Å². The molecule has 0 spiro atoms. The molecule has 4 rings (SSSR count). The van der Waals surface area contributed by atoms with Crippen molar-refractivity contribution >= 4 is 21.6 Å². The summed E-state index contributed by atoms with van der Waals surface area (Å²) in [6.45, 7) is 2.68. The SMILES string of the molecule is Cc1cc(OC2CCN(C(=O)c3ccc(NS(=O)(=O)c4ccccc4F)cc3)C2)cc(=O)n1C. The highest BCUT2D eigenvalue weighted by Crippen LogP contribution is 2.22. The summed E-state index contributed by atoms with van der Waals surface area (Å²) in [7, 11) is -2.41. The molecular weight excluding hydrogens is 461 g/mol. The van der Waals surface area contributed by atoms with E-state index in [0.29, 0.717) is 30.8 Å². The molecule has 0 aliphatic carbocycles. The van der Waals surface area contributed by atoms with Gasteiger partial charge in [0.05, 0.1) is 6.54 Å². The van der Waals surface area contributed by atoms with Crippen molar-refractivity contribution in [3.8, 4) is 5.75 Å². The van der Waals surface area contributed by atoms with Crippen LogP contribution in [0.15, 0.2) is 70.4 Å². The zero-order valence-electron chi connectivity index (χ0n) is 18.7. The van der Waals surface area contributed by atoms with Gasteiger partial charge in [0.2, 0.25) is 0 Å². The minimum Gasteiger partial charge on any atom is -0.488 e. The van der Waals surface area contributed by atoms with Crippen LogP contribution in [-0.2, 0) is 17.1 Å². The van der Waals surface area contributed by atoms with Gasteiger partial charge in [0.15, 0.2) is 0 Å². The molecule has 1 N–H and O–H groups in total. The molecule has 3 aromatic rings. The number of anilines is 1. The smallest absolute Gasteiger partial charge is 0.264 e. The van der Waals surface area contributed by atoms with Gasteiger partial charge in [-0.25, -0.2) is 12.8 Å². The Bertz CT molecular complexity index is 1390. The van der Waals surface area contributed by atoms with E-state index < -0.39 is 20.7 Å². The standard InChI is InChI=1S/C24H24FN3O5S/c1-16-13-20(14-23(29)27(16)2)33-19-11-12-28(15-19)24(30)17-7-9-18(10-8-17)26-34(31,32)22-6-4-3-5-21(22)25/h3-10,13-14,19,26H,11-12,15H2,1-2H3. The summed E-state index contributed by atoms with van der Waals surface area (Å²) in [6, 6.07) is 14.2. The molecule has 2 aromatic carbocycles. The number of aryl methyl sites for hydroxylation is 1. The van der Waals surface area contributed by atoms with Crippen LogP contribution in [-0.4, -0.2) is 43.0 Å². The molecule has 178 valence electrons. The van der Waals surface area contributed by atoms with Crippen molar-refractivity contribution in [3.63, 3.8) is 0 Å². The summed E-state index contributed by atoms with van der Waals surface area (Å²) in [5, 5.41) is 0. The van der Waals surface area contributed by atoms with Gasteiger partial charge >= 0.3 is 0 Å². The number of nitrogens with one attached hydrogen (secondary N) is 1. The first-order valence-electron chi connectivity index (χ1n) is 10.6. The second-order valence-electron chi connectivity index (χ2n) is 8.12. The Kier molecular flexibility index (Phi) is 6.43. The van der Waals surface area contributed by atoms with Gasteiger partial charge < -0.3 is 14.2 Å². The number of aromatic nitrogens is 1. The molecule has 1 atom stereocenters. The maximum absolute atomic E-state index is 13.9. The van der Waals surface area contributed by atoms with Crippen molar-refractivity contribution in [1.82, 2.24) is 9.47 Å². The minimum atomic E-state index is -4.10. The molecule has 0 saturated carbocycles. The van der Waals surface area contributed by atoms with Gasteiger partial charge in [-0.15, -0.1) is 0 Å². The number of ether oxygens (including phenoxy) is 1. The molecule has 1 unspecified atom stereocenters. The number of carbonyl (C=O) groups is 1. The second-order valence-corrected chi connectivity index (χ2v) is 9.77. The normalized spacial score (nSPS) is 15.9. The summed E-state index contributed by atoms with van der Waals surface area (Å²) >= 11 is 0. The fourth-order valence-electron chi connectivity index (χ4n) is 3.74. The number of pyridine rings is 1. The zero-order valence-corrected chi connectivity index (χ0v) is 19.5. The predicted molar refractivity (Wildman–Crippen MR) is 125 cm³/mol. The number of rotatable bonds is 6. The average Bonchev–Trinajstić information content (AvgIpc) is 3.26. The third-order valence-electron chi connectivity index (χ3n) is 5.72. The summed E-state index contributed by atoms with van der Waals surface area (Å²) in [5.41, 5.74) is 1.22. The highest BCUT2D eigenvalue weighted by molar-refractivity contribution is 7.92. The van der Waals surface area contributed by atoms with Crippen LogP contribution >= 0.6 is 0 Å². The number of amides is 1. The fraction of sp³-hybridized carbons (Fsp3) is 0.250. The Balaban J connectivity index is 1.39. The van der Waals surface area contributed by atoms with Gasteiger partial charge in [0.25, 0.3) is 21.5 Å². The van der Waals surface area contributed by atoms with E-state index in [9.17, 15) is 22.4 Å². The van der Waals surface area contributed by atoms with Gasteiger partial charge in [0.1, 0.15) is 22.6 Å². The van der Waals surface area contributed by atoms with E-state index in [1.165, 1.54) is 53.1 Å². The highest BCUT2D eigenvalue weighted by Gasteiger charge is 2.28. The lowest BCUT2D eigenvalue weighted by molar-refractivity contribution is 0.0772. The number of nitrogens with zero attached hydrogens (tertiary/aromatic N) is 2. The van der Waals surface area contributed by atoms with Crippen molar-refractivity contribution in [1.29, 1.82) is 0 Å². The quantitative estimate of drug-likeness (QED) is 0.579. The van der Waals surface area contributed by atoms with Gasteiger partial charge in [0, 0.05) is 43.0 Å². The molecule has 1 fully saturated rings. The Labute approximate surface area is 196 Å². The van der Waals surface area contributed by atoms with E-state index in [-0.39, 0.29) is 23.3 Å². The first kappa shape index (κ1) is 23.5. The van der Waals surface area contributed by atoms with E-state index >= 15 is 0 Å². The topological polar surface area (TPSA) is 97.7 Å². The van der Waals surface area contributed by atoms with E-state index in [0.717, 1.165) is 11.8 Å². The number of benzene rings is 2. The van der Waals surface area contributed by atoms with E-state index in [2.05, 4.69) is 4.72 Å². The molecule has 10 heteroatoms. The predicted octanol–water partition coefficient (Wildman–Crippen LogP) is 2.93. The number of hydrogen-bond donors (Lipinski definition) is 1. The van der Waals surface area contributed by atoms with Crippen LogP contribution < -0.4 is 15.0 Å². The molecule has 0 bridgehead atoms. The number of carbonyl (C=O) groups excluding carboxylic acids is 1. The third-order valence-corrected chi connectivity index (χ3v) is 7.14. The largest absolute Gasteiger partial charge is 0.488 e. The van der Waals surface area contributed by atoms with Crippen molar-refractivity contribution in [2.75, 3.05) is 17.8 Å². The Morgan fingerprint density at radius 3 is 2.50 bits per heavy atom. The minimum absolute atomic E-state index is 0.161. The van der Waals surface area contributed by atoms with Crippen molar-refractivity contribution < 1.29 is 22.3 Å². The molecular formula is C24H24FN3O5S. The molecule has 1 aliphatic rings. The second kappa shape index (κ2) is 9.30. The highest BCUT2D eigenvalue weighted by atomic mass is 32.2. The lowest BCUT2D eigenvalue weighted by Crippen LogP contribution is -2.31. The van der Waals surface area contributed by atoms with Crippen molar-refractivity contribution in [3.05, 3.63) is 88.1 Å². The Hall–Kier alpha value is -3.66. The van der Waals surface area contributed by atoms with Crippen molar-refractivity contribution in [2.24, 2.45) is 7.05 Å². The van der Waals surface area contributed by atoms with Gasteiger partial charge in [-0.2, -0.15) is 0 Å². The molecule has 0 radical (unpaired) electrons. The van der Waals surface area contributed by atoms with Gasteiger partial charge in [-0.05, 0) is 49.4 Å². The molecule has 34 heavy (non-hydrogen) atoms. The number of hydrogen-bond acceptors (Lipinski definition) is 5. The third kappa shape index (κ3) is 4.96. The van der Waals surface area contributed by atoms with Crippen LogP contribution in [0.2, 0.25) is 0 Å². The van der Waals surface area contributed by atoms with Crippen LogP contribution in [0.25, 0.3) is 0 Å². The maximum atomic E-state index is 13.9. The summed E-state index contributed by atoms with van der Waals surface area (Å²) in [6.07, 6.45) is 0.392. The average molecular weight is 486 g/mol. The van der Waals surface area contributed by atoms with Crippen LogP contribution in [0.4, 0.5) is 10.1 Å². The molecule has 1 aromatic heterocycles. The first-order chi connectivity index (χ1) is 16.1. The van der Waals surface area contributed by atoms with Crippen LogP contribution in [0.5, 0.6) is 5.75 Å². The lowest BCUT2D eigenvalue weighted by Gasteiger charge is -2.18. The maximum Gasteiger partial charge on any atom is 0.264 e. The zero-order chi connectivity index (χ0) is 24.5. The van der Waals surface area contributed by atoms with E-state index in [1.807, 2.05) is 6.92 Å². The van der Waals surface area contributed by atoms with E-state index in [1.54, 1.807) is 18.0 Å². The fourth-order valence-corrected chi connectivity index (χ4v) is 4.88. The molecule has 1 saturated heterocycles. The lowest BCUT2D eigenvalue weighted by atomic mass is 10.2. The molecule has 2 heterocycles. The first-order valence-corrected chi connectivity index (χ1v) is 12.1. The summed E-state index contributed by atoms with van der Waals surface area (Å²) in [4.78, 5) is 26.0. The summed E-state index contributed by atoms with van der Waals surface area (Å²) < 4.78 is 48.5. The monoisotopic (exact) mass is 485 g/mol. The Morgan fingerprint density at radius 2 is 1.82 bits per heavy atom. The molecule has 1 amide bonds. The molecule has 8 nitrogen and oxygen atoms in total. The summed E-state index contributed by atoms with van der Waals surface area (Å²) in [5.74, 6) is -0.584. The number of halogens is 1. The van der Waals surface area contributed by atoms with Crippen LogP contribution in [0.1, 0.15) is 22.5 Å². The Morgan fingerprint density at radius 1 is 1.12 bits per heavy atom. The van der Waals surface area contributed by atoms with Gasteiger partial charge in [-0.3, -0.25) is 14.3 Å². The van der Waals surface area contributed by atoms with Gasteiger partial charge in [-0.1, -0.05) is 12.1 Å². The van der Waals surface area contributed by atoms with Crippen LogP contribution in [0, 0.1) is 12.7 Å². The molecule has 1 aliphatic heterocycles. The number of sulfonamides is 1. The van der Waals surface area contributed by atoms with Crippen LogP contribution in [0.3, 0.4) is 0 Å².